The molecule has 0 atom stereocenters. The second-order valence-electron chi connectivity index (χ2n) is 6.71. The maximum atomic E-state index is 5.91. The highest BCUT2D eigenvalue weighted by molar-refractivity contribution is 5.48. The minimum absolute atomic E-state index is 0.00362. The first kappa shape index (κ1) is 15.0. The van der Waals surface area contributed by atoms with Crippen LogP contribution in [-0.2, 0) is 10.8 Å². The van der Waals surface area contributed by atoms with Gasteiger partial charge in [0.1, 0.15) is 5.75 Å². The highest BCUT2D eigenvalue weighted by Crippen LogP contribution is 2.37. The van der Waals surface area contributed by atoms with E-state index in [9.17, 15) is 0 Å². The van der Waals surface area contributed by atoms with Gasteiger partial charge in [0.05, 0.1) is 7.11 Å². The molecule has 0 radical (unpaired) electrons. The molecular weight excluding hydrogens is 222 g/mol. The van der Waals surface area contributed by atoms with Crippen LogP contribution in [0.2, 0.25) is 0 Å². The van der Waals surface area contributed by atoms with Crippen LogP contribution >= 0.6 is 0 Å². The Morgan fingerprint density at radius 1 is 1.06 bits per heavy atom. The van der Waals surface area contributed by atoms with E-state index in [4.69, 9.17) is 10.5 Å². The lowest BCUT2D eigenvalue weighted by atomic mass is 9.77. The maximum Gasteiger partial charge on any atom is 0.122 e. The highest BCUT2D eigenvalue weighted by Gasteiger charge is 2.26. The van der Waals surface area contributed by atoms with Gasteiger partial charge in [-0.05, 0) is 35.1 Å². The largest absolute Gasteiger partial charge is 0.496 e. The average molecular weight is 249 g/mol. The summed E-state index contributed by atoms with van der Waals surface area (Å²) in [6.45, 7) is 13.8. The molecular formula is C16H27NO. The Morgan fingerprint density at radius 3 is 2.00 bits per heavy atom. The fourth-order valence-corrected chi connectivity index (χ4v) is 2.28. The summed E-state index contributed by atoms with van der Waals surface area (Å²) < 4.78 is 5.52. The van der Waals surface area contributed by atoms with E-state index in [1.807, 2.05) is 0 Å². The van der Waals surface area contributed by atoms with Crippen molar-refractivity contribution in [3.63, 3.8) is 0 Å². The maximum absolute atomic E-state index is 5.91. The van der Waals surface area contributed by atoms with Gasteiger partial charge in [-0.3, -0.25) is 0 Å². The first-order valence-corrected chi connectivity index (χ1v) is 6.53. The van der Waals surface area contributed by atoms with Crippen molar-refractivity contribution >= 4 is 0 Å². The average Bonchev–Trinajstić information content (AvgIpc) is 2.26. The molecule has 0 spiro atoms. The molecule has 0 unspecified atom stereocenters. The second-order valence-corrected chi connectivity index (χ2v) is 6.71. The Balaban J connectivity index is 3.49. The van der Waals surface area contributed by atoms with Gasteiger partial charge in [-0.25, -0.2) is 0 Å². The topological polar surface area (TPSA) is 35.2 Å². The van der Waals surface area contributed by atoms with Crippen molar-refractivity contribution in [1.82, 2.24) is 0 Å². The molecule has 0 heterocycles. The number of hydrogen-bond acceptors (Lipinski definition) is 2. The van der Waals surface area contributed by atoms with E-state index < -0.39 is 0 Å². The van der Waals surface area contributed by atoms with Crippen LogP contribution in [0.15, 0.2) is 12.1 Å². The molecule has 2 N–H and O–H groups in total. The van der Waals surface area contributed by atoms with Crippen molar-refractivity contribution in [2.75, 3.05) is 13.7 Å². The lowest BCUT2D eigenvalue weighted by molar-refractivity contribution is 0.395. The van der Waals surface area contributed by atoms with Crippen LogP contribution in [0.5, 0.6) is 5.75 Å². The van der Waals surface area contributed by atoms with Crippen molar-refractivity contribution in [3.05, 3.63) is 28.8 Å². The number of methoxy groups -OCH3 is 1. The van der Waals surface area contributed by atoms with Gasteiger partial charge in [0.25, 0.3) is 0 Å². The molecule has 1 rings (SSSR count). The summed E-state index contributed by atoms with van der Waals surface area (Å²) in [7, 11) is 1.73. The third-order valence-electron chi connectivity index (χ3n) is 3.59. The third-order valence-corrected chi connectivity index (χ3v) is 3.59. The molecule has 0 saturated heterocycles. The van der Waals surface area contributed by atoms with Crippen LogP contribution in [0.4, 0.5) is 0 Å². The summed E-state index contributed by atoms with van der Waals surface area (Å²) in [6.07, 6.45) is 0. The fraction of sp³-hybridized carbons (Fsp3) is 0.625. The summed E-state index contributed by atoms with van der Waals surface area (Å²) in [5.41, 5.74) is 9.77. The van der Waals surface area contributed by atoms with Crippen molar-refractivity contribution in [3.8, 4) is 5.75 Å². The van der Waals surface area contributed by atoms with Gasteiger partial charge >= 0.3 is 0 Å². The van der Waals surface area contributed by atoms with Gasteiger partial charge < -0.3 is 10.5 Å². The quantitative estimate of drug-likeness (QED) is 0.889. The molecule has 1 aromatic carbocycles. The third kappa shape index (κ3) is 2.86. The first-order valence-electron chi connectivity index (χ1n) is 6.53. The van der Waals surface area contributed by atoms with Gasteiger partial charge in [-0.2, -0.15) is 0 Å². The lowest BCUT2D eigenvalue weighted by Gasteiger charge is -2.30. The van der Waals surface area contributed by atoms with Gasteiger partial charge in [-0.1, -0.05) is 40.7 Å². The molecule has 2 heteroatoms. The van der Waals surface area contributed by atoms with Gasteiger partial charge in [0.15, 0.2) is 0 Å². The van der Waals surface area contributed by atoms with Gasteiger partial charge in [-0.15, -0.1) is 0 Å². The predicted octanol–water partition coefficient (Wildman–Crippen LogP) is 3.54. The van der Waals surface area contributed by atoms with Crippen LogP contribution in [0.3, 0.4) is 0 Å². The smallest absolute Gasteiger partial charge is 0.122 e. The number of aryl methyl sites for hydroxylation is 1. The number of rotatable bonds is 3. The predicted molar refractivity (Wildman–Crippen MR) is 78.5 cm³/mol. The SMILES string of the molecule is COc1cc(C)c(C(C)(C)CN)cc1C(C)(C)C. The molecule has 0 aliphatic carbocycles. The normalized spacial score (nSPS) is 12.7. The minimum atomic E-state index is -0.00362. The van der Waals surface area contributed by atoms with Crippen LogP contribution < -0.4 is 10.5 Å². The lowest BCUT2D eigenvalue weighted by Crippen LogP contribution is -2.29. The van der Waals surface area contributed by atoms with Crippen LogP contribution in [0, 0.1) is 6.92 Å². The second kappa shape index (κ2) is 4.93. The van der Waals surface area contributed by atoms with E-state index in [1.165, 1.54) is 16.7 Å². The first-order chi connectivity index (χ1) is 8.13. The zero-order valence-electron chi connectivity index (χ0n) is 12.8. The molecule has 1 aromatic rings. The number of nitrogens with two attached hydrogens (primary N) is 1. The van der Waals surface area contributed by atoms with Crippen LogP contribution in [-0.4, -0.2) is 13.7 Å². The highest BCUT2D eigenvalue weighted by atomic mass is 16.5. The molecule has 0 aliphatic heterocycles. The van der Waals surface area contributed by atoms with E-state index in [-0.39, 0.29) is 10.8 Å². The molecule has 0 aliphatic rings. The zero-order valence-corrected chi connectivity index (χ0v) is 12.8. The standard InChI is InChI=1S/C16H27NO/c1-11-8-14(18-7)13(15(2,3)4)9-12(11)16(5,6)10-17/h8-9H,10,17H2,1-7H3. The van der Waals surface area contributed by atoms with Gasteiger partial charge in [0, 0.05) is 12.0 Å². The summed E-state index contributed by atoms with van der Waals surface area (Å²) in [5.74, 6) is 0.969. The van der Waals surface area contributed by atoms with E-state index >= 15 is 0 Å². The Kier molecular flexibility index (Phi) is 4.12. The summed E-state index contributed by atoms with van der Waals surface area (Å²) in [4.78, 5) is 0. The molecule has 0 amide bonds. The monoisotopic (exact) mass is 249 g/mol. The fourth-order valence-electron chi connectivity index (χ4n) is 2.28. The van der Waals surface area contributed by atoms with Crippen molar-refractivity contribution in [2.24, 2.45) is 5.73 Å². The molecule has 102 valence electrons. The minimum Gasteiger partial charge on any atom is -0.496 e. The Morgan fingerprint density at radius 2 is 1.61 bits per heavy atom. The Bertz CT molecular complexity index is 427. The summed E-state index contributed by atoms with van der Waals surface area (Å²) >= 11 is 0. The van der Waals surface area contributed by atoms with E-state index in [0.29, 0.717) is 6.54 Å². The van der Waals surface area contributed by atoms with Crippen molar-refractivity contribution in [1.29, 1.82) is 0 Å². The van der Waals surface area contributed by atoms with Crippen LogP contribution in [0.25, 0.3) is 0 Å². The van der Waals surface area contributed by atoms with Gasteiger partial charge in [0.2, 0.25) is 0 Å². The molecule has 0 bridgehead atoms. The Hall–Kier alpha value is -1.02. The summed E-state index contributed by atoms with van der Waals surface area (Å²) in [6, 6.07) is 4.40. The zero-order chi connectivity index (χ0) is 14.1. The van der Waals surface area contributed by atoms with E-state index in [2.05, 4.69) is 53.7 Å². The molecule has 18 heavy (non-hydrogen) atoms. The summed E-state index contributed by atoms with van der Waals surface area (Å²) in [5, 5.41) is 0. The van der Waals surface area contributed by atoms with Crippen molar-refractivity contribution < 1.29 is 4.74 Å². The van der Waals surface area contributed by atoms with E-state index in [1.54, 1.807) is 7.11 Å². The van der Waals surface area contributed by atoms with Crippen LogP contribution in [0.1, 0.15) is 51.3 Å². The number of ether oxygens (including phenoxy) is 1. The van der Waals surface area contributed by atoms with E-state index in [0.717, 1.165) is 5.75 Å². The number of hydrogen-bond donors (Lipinski definition) is 1. The number of benzene rings is 1. The molecule has 0 fully saturated rings. The Labute approximate surface area is 112 Å². The molecule has 2 nitrogen and oxygen atoms in total. The molecule has 0 aromatic heterocycles. The van der Waals surface area contributed by atoms with Crippen molar-refractivity contribution in [2.45, 2.75) is 52.4 Å². The molecule has 0 saturated carbocycles.